The number of amides is 2. The van der Waals surface area contributed by atoms with E-state index in [0.717, 1.165) is 15.3 Å². The summed E-state index contributed by atoms with van der Waals surface area (Å²) in [5.74, 6) is -1.29. The van der Waals surface area contributed by atoms with Crippen molar-refractivity contribution >= 4 is 34.5 Å². The highest BCUT2D eigenvalue weighted by Gasteiger charge is 2.16. The van der Waals surface area contributed by atoms with Crippen LogP contribution in [0.15, 0.2) is 29.0 Å². The largest absolute Gasteiger partial charge is 0.383 e. The van der Waals surface area contributed by atoms with Crippen molar-refractivity contribution in [3.8, 4) is 0 Å². The summed E-state index contributed by atoms with van der Waals surface area (Å²) in [6.07, 6.45) is -0.648. The Morgan fingerprint density at radius 2 is 2.00 bits per heavy atom. The Morgan fingerprint density at radius 1 is 1.23 bits per heavy atom. The normalized spacial score (nSPS) is 12.2. The summed E-state index contributed by atoms with van der Waals surface area (Å²) in [5.41, 5.74) is 0.860. The van der Waals surface area contributed by atoms with Gasteiger partial charge in [0.2, 0.25) is 0 Å². The van der Waals surface area contributed by atoms with Gasteiger partial charge in [-0.05, 0) is 48.4 Å². The molecular weight excluding hydrogens is 320 g/mol. The van der Waals surface area contributed by atoms with E-state index < -0.39 is 17.9 Å². The summed E-state index contributed by atoms with van der Waals surface area (Å²) >= 11 is 2.95. The zero-order valence-electron chi connectivity index (χ0n) is 12.3. The van der Waals surface area contributed by atoms with Crippen LogP contribution >= 0.6 is 22.7 Å². The van der Waals surface area contributed by atoms with Crippen molar-refractivity contribution in [2.75, 3.05) is 0 Å². The molecule has 0 aromatic carbocycles. The lowest BCUT2D eigenvalue weighted by molar-refractivity contribution is -0.139. The molecule has 2 rings (SSSR count). The fourth-order valence-electron chi connectivity index (χ4n) is 1.81. The van der Waals surface area contributed by atoms with E-state index in [4.69, 9.17) is 0 Å². The minimum Gasteiger partial charge on any atom is -0.383 e. The molecule has 0 fully saturated rings. The predicted octanol–water partition coefficient (Wildman–Crippen LogP) is 2.03. The number of thiophene rings is 2. The van der Waals surface area contributed by atoms with Crippen molar-refractivity contribution in [1.82, 2.24) is 10.6 Å². The van der Waals surface area contributed by atoms with Gasteiger partial charge < -0.3 is 15.7 Å². The number of nitrogens with one attached hydrogen (secondary N) is 2. The Hall–Kier alpha value is -1.70. The number of hydrogen-bond acceptors (Lipinski definition) is 5. The quantitative estimate of drug-likeness (QED) is 0.730. The third-order valence-corrected chi connectivity index (χ3v) is 4.70. The molecule has 2 aromatic rings. The number of rotatable bonds is 5. The van der Waals surface area contributed by atoms with Gasteiger partial charge in [-0.1, -0.05) is 0 Å². The molecule has 0 saturated carbocycles. The van der Waals surface area contributed by atoms with Gasteiger partial charge in [0.25, 0.3) is 0 Å². The van der Waals surface area contributed by atoms with Crippen LogP contribution in [0.2, 0.25) is 0 Å². The molecule has 0 aliphatic heterocycles. The molecule has 2 heterocycles. The third kappa shape index (κ3) is 4.40. The summed E-state index contributed by atoms with van der Waals surface area (Å²) in [6, 6.07) is 5.48. The van der Waals surface area contributed by atoms with Crippen LogP contribution in [0.1, 0.15) is 35.3 Å². The molecule has 22 heavy (non-hydrogen) atoms. The fourth-order valence-corrected chi connectivity index (χ4v) is 3.45. The number of aliphatic hydroxyl groups is 1. The first kappa shape index (κ1) is 16.7. The first-order valence-corrected chi connectivity index (χ1v) is 8.60. The fraction of sp³-hybridized carbons (Fsp3) is 0.333. The topological polar surface area (TPSA) is 78.4 Å². The summed E-state index contributed by atoms with van der Waals surface area (Å²) in [7, 11) is 0. The Labute approximate surface area is 137 Å². The molecule has 1 atom stereocenters. The summed E-state index contributed by atoms with van der Waals surface area (Å²) in [5, 5.41) is 19.2. The molecule has 2 aromatic heterocycles. The van der Waals surface area contributed by atoms with Gasteiger partial charge >= 0.3 is 11.8 Å². The molecule has 5 nitrogen and oxygen atoms in total. The van der Waals surface area contributed by atoms with Crippen molar-refractivity contribution in [1.29, 1.82) is 0 Å². The average molecular weight is 338 g/mol. The minimum absolute atomic E-state index is 0.0765. The van der Waals surface area contributed by atoms with Gasteiger partial charge in [0.05, 0.1) is 6.54 Å². The molecule has 2 amide bonds. The van der Waals surface area contributed by atoms with E-state index in [2.05, 4.69) is 10.6 Å². The molecule has 7 heteroatoms. The first-order chi connectivity index (χ1) is 10.5. The Bertz CT molecular complexity index is 635. The van der Waals surface area contributed by atoms with E-state index in [0.29, 0.717) is 0 Å². The van der Waals surface area contributed by atoms with E-state index in [9.17, 15) is 14.7 Å². The smallest absolute Gasteiger partial charge is 0.309 e. The van der Waals surface area contributed by atoms with E-state index in [-0.39, 0.29) is 12.6 Å². The SMILES string of the molecule is CC(C)NC(=O)C(=O)NCc1ccc(C(O)c2ccsc2)s1. The Balaban J connectivity index is 1.90. The zero-order valence-corrected chi connectivity index (χ0v) is 14.0. The first-order valence-electron chi connectivity index (χ1n) is 6.85. The van der Waals surface area contributed by atoms with Crippen LogP contribution in [-0.4, -0.2) is 23.0 Å². The maximum Gasteiger partial charge on any atom is 0.309 e. The molecular formula is C15H18N2O3S2. The lowest BCUT2D eigenvalue weighted by Gasteiger charge is -2.08. The van der Waals surface area contributed by atoms with Crippen molar-refractivity contribution in [2.24, 2.45) is 0 Å². The van der Waals surface area contributed by atoms with Gasteiger partial charge in [-0.25, -0.2) is 0 Å². The van der Waals surface area contributed by atoms with Crippen LogP contribution in [-0.2, 0) is 16.1 Å². The number of hydrogen-bond donors (Lipinski definition) is 3. The highest BCUT2D eigenvalue weighted by Crippen LogP contribution is 2.29. The predicted molar refractivity (Wildman–Crippen MR) is 87.8 cm³/mol. The molecule has 1 unspecified atom stereocenters. The van der Waals surface area contributed by atoms with Gasteiger partial charge in [0.15, 0.2) is 0 Å². The third-order valence-electron chi connectivity index (χ3n) is 2.86. The van der Waals surface area contributed by atoms with E-state index >= 15 is 0 Å². The van der Waals surface area contributed by atoms with Gasteiger partial charge in [-0.3, -0.25) is 9.59 Å². The molecule has 3 N–H and O–H groups in total. The second kappa shape index (κ2) is 7.53. The molecule has 0 aliphatic rings. The second-order valence-electron chi connectivity index (χ2n) is 5.07. The van der Waals surface area contributed by atoms with Gasteiger partial charge in [0.1, 0.15) is 6.10 Å². The van der Waals surface area contributed by atoms with Gasteiger partial charge in [-0.15, -0.1) is 11.3 Å². The molecule has 0 radical (unpaired) electrons. The van der Waals surface area contributed by atoms with Gasteiger partial charge in [0, 0.05) is 15.8 Å². The second-order valence-corrected chi connectivity index (χ2v) is 7.05. The Kier molecular flexibility index (Phi) is 5.70. The van der Waals surface area contributed by atoms with Crippen molar-refractivity contribution in [3.05, 3.63) is 44.3 Å². The minimum atomic E-state index is -0.651. The van der Waals surface area contributed by atoms with Gasteiger partial charge in [-0.2, -0.15) is 11.3 Å². The molecule has 0 saturated heterocycles. The molecule has 118 valence electrons. The van der Waals surface area contributed by atoms with Crippen LogP contribution in [0.3, 0.4) is 0 Å². The van der Waals surface area contributed by atoms with E-state index in [1.807, 2.05) is 29.0 Å². The van der Waals surface area contributed by atoms with Crippen molar-refractivity contribution in [3.63, 3.8) is 0 Å². The van der Waals surface area contributed by atoms with Crippen LogP contribution in [0, 0.1) is 0 Å². The zero-order chi connectivity index (χ0) is 16.1. The van der Waals surface area contributed by atoms with Crippen LogP contribution in [0.4, 0.5) is 0 Å². The molecule has 0 spiro atoms. The standard InChI is InChI=1S/C15H18N2O3S2/c1-9(2)17-15(20)14(19)16-7-11-3-4-12(22-11)13(18)10-5-6-21-8-10/h3-6,8-9,13,18H,7H2,1-2H3,(H,16,19)(H,17,20). The van der Waals surface area contributed by atoms with Crippen LogP contribution < -0.4 is 10.6 Å². The summed E-state index contributed by atoms with van der Waals surface area (Å²) in [6.45, 7) is 3.86. The molecule has 0 aliphatic carbocycles. The monoisotopic (exact) mass is 338 g/mol. The van der Waals surface area contributed by atoms with Crippen LogP contribution in [0.25, 0.3) is 0 Å². The lowest BCUT2D eigenvalue weighted by atomic mass is 10.2. The van der Waals surface area contributed by atoms with Crippen molar-refractivity contribution < 1.29 is 14.7 Å². The average Bonchev–Trinajstić information content (AvgIpc) is 3.14. The highest BCUT2D eigenvalue weighted by atomic mass is 32.1. The number of carbonyl (C=O) groups excluding carboxylic acids is 2. The summed E-state index contributed by atoms with van der Waals surface area (Å²) in [4.78, 5) is 24.8. The lowest BCUT2D eigenvalue weighted by Crippen LogP contribution is -2.42. The Morgan fingerprint density at radius 3 is 2.64 bits per heavy atom. The van der Waals surface area contributed by atoms with E-state index in [1.165, 1.54) is 22.7 Å². The maximum atomic E-state index is 11.6. The van der Waals surface area contributed by atoms with Crippen molar-refractivity contribution in [2.45, 2.75) is 32.5 Å². The highest BCUT2D eigenvalue weighted by molar-refractivity contribution is 7.12. The molecule has 0 bridgehead atoms. The summed E-state index contributed by atoms with van der Waals surface area (Å²) < 4.78 is 0. The van der Waals surface area contributed by atoms with E-state index in [1.54, 1.807) is 13.8 Å². The number of aliphatic hydroxyl groups excluding tert-OH is 1. The van der Waals surface area contributed by atoms with Crippen LogP contribution in [0.5, 0.6) is 0 Å². The number of carbonyl (C=O) groups is 2. The maximum absolute atomic E-state index is 11.6.